The molecule has 6 rings (SSSR count). The Morgan fingerprint density at radius 1 is 0.607 bits per heavy atom. The summed E-state index contributed by atoms with van der Waals surface area (Å²) in [6.07, 6.45) is -1.21. The highest BCUT2D eigenvalue weighted by molar-refractivity contribution is 5.85. The highest BCUT2D eigenvalue weighted by Crippen LogP contribution is 2.33. The molecule has 2 fully saturated rings. The first kappa shape index (κ1) is 43.8. The van der Waals surface area contributed by atoms with E-state index in [0.29, 0.717) is 36.1 Å². The molecule has 0 unspecified atom stereocenters. The molecule has 56 heavy (non-hydrogen) atoms. The molecule has 13 heteroatoms. The SMILES string of the molecule is CC(C)(C)OC(=O)N1CCC(=Cc2cccc(Oc3ccc(C(F)(F)F)cc3)c2)CC1.Cl.FC(F)(F)c1ccc(Oc2cccc(C=C3CCNCC3)c2)cc1. The van der Waals surface area contributed by atoms with Crippen LogP contribution in [0.4, 0.5) is 31.1 Å². The van der Waals surface area contributed by atoms with E-state index in [2.05, 4.69) is 17.5 Å². The minimum atomic E-state index is -4.37. The smallest absolute Gasteiger partial charge is 0.416 e. The van der Waals surface area contributed by atoms with Gasteiger partial charge >= 0.3 is 18.4 Å². The monoisotopic (exact) mass is 802 g/mol. The molecule has 6 nitrogen and oxygen atoms in total. The Kier molecular flexibility index (Phi) is 15.1. The lowest BCUT2D eigenvalue weighted by Crippen LogP contribution is -2.40. The number of ether oxygens (including phenoxy) is 3. The second kappa shape index (κ2) is 19.3. The molecule has 2 heterocycles. The number of carbonyl (C=O) groups excluding carboxylic acids is 1. The van der Waals surface area contributed by atoms with Crippen LogP contribution in [-0.4, -0.2) is 42.8 Å². The maximum atomic E-state index is 12.7. The van der Waals surface area contributed by atoms with Crippen molar-refractivity contribution in [2.75, 3.05) is 26.2 Å². The number of hydrogen-bond acceptors (Lipinski definition) is 5. The van der Waals surface area contributed by atoms with Crippen molar-refractivity contribution in [3.05, 3.63) is 130 Å². The molecule has 4 aromatic carbocycles. The summed E-state index contributed by atoms with van der Waals surface area (Å²) in [5.41, 5.74) is 2.67. The van der Waals surface area contributed by atoms with E-state index >= 15 is 0 Å². The number of carbonyl (C=O) groups is 1. The molecule has 0 atom stereocenters. The Labute approximate surface area is 329 Å². The van der Waals surface area contributed by atoms with E-state index in [1.807, 2.05) is 57.2 Å². The summed E-state index contributed by atoms with van der Waals surface area (Å²) >= 11 is 0. The largest absolute Gasteiger partial charge is 0.457 e. The van der Waals surface area contributed by atoms with E-state index in [0.717, 1.165) is 74.2 Å². The van der Waals surface area contributed by atoms with Crippen LogP contribution in [0.15, 0.2) is 108 Å². The molecule has 0 aromatic heterocycles. The van der Waals surface area contributed by atoms with Crippen LogP contribution in [0, 0.1) is 0 Å². The zero-order valence-electron chi connectivity index (χ0n) is 31.3. The minimum Gasteiger partial charge on any atom is -0.457 e. The number of hydrogen-bond donors (Lipinski definition) is 1. The first-order valence-corrected chi connectivity index (χ1v) is 18.0. The van der Waals surface area contributed by atoms with E-state index in [1.54, 1.807) is 17.0 Å². The summed E-state index contributed by atoms with van der Waals surface area (Å²) in [6.45, 7) is 8.73. The average molecular weight is 803 g/mol. The summed E-state index contributed by atoms with van der Waals surface area (Å²) in [7, 11) is 0. The van der Waals surface area contributed by atoms with Crippen LogP contribution in [-0.2, 0) is 17.1 Å². The van der Waals surface area contributed by atoms with Crippen molar-refractivity contribution in [2.45, 2.75) is 64.4 Å². The van der Waals surface area contributed by atoms with Crippen LogP contribution in [0.3, 0.4) is 0 Å². The van der Waals surface area contributed by atoms with E-state index in [-0.39, 0.29) is 18.5 Å². The molecule has 1 N–H and O–H groups in total. The van der Waals surface area contributed by atoms with Crippen molar-refractivity contribution in [3.8, 4) is 23.0 Å². The van der Waals surface area contributed by atoms with Gasteiger partial charge in [0.1, 0.15) is 28.6 Å². The molecule has 0 saturated carbocycles. The van der Waals surface area contributed by atoms with E-state index in [4.69, 9.17) is 14.2 Å². The maximum Gasteiger partial charge on any atom is 0.416 e. The van der Waals surface area contributed by atoms with Crippen LogP contribution < -0.4 is 14.8 Å². The van der Waals surface area contributed by atoms with E-state index < -0.39 is 29.1 Å². The Morgan fingerprint density at radius 2 is 1.02 bits per heavy atom. The second-order valence-electron chi connectivity index (χ2n) is 14.2. The molecule has 2 saturated heterocycles. The number of halogens is 7. The van der Waals surface area contributed by atoms with Gasteiger partial charge in [-0.15, -0.1) is 12.4 Å². The van der Waals surface area contributed by atoms with Crippen molar-refractivity contribution in [1.82, 2.24) is 10.2 Å². The van der Waals surface area contributed by atoms with Crippen molar-refractivity contribution in [1.29, 1.82) is 0 Å². The number of amides is 1. The fraction of sp³-hybridized carbons (Fsp3) is 0.326. The normalized spacial score (nSPS) is 14.8. The van der Waals surface area contributed by atoms with Gasteiger partial charge < -0.3 is 24.4 Å². The number of rotatable bonds is 6. The average Bonchev–Trinajstić information content (AvgIpc) is 3.12. The summed E-state index contributed by atoms with van der Waals surface area (Å²) in [6, 6.07) is 24.3. The number of nitrogens with zero attached hydrogens (tertiary/aromatic N) is 1. The molecule has 1 amide bonds. The maximum absolute atomic E-state index is 12.7. The molecule has 2 aliphatic rings. The van der Waals surface area contributed by atoms with Crippen molar-refractivity contribution in [2.24, 2.45) is 0 Å². The van der Waals surface area contributed by atoms with Gasteiger partial charge in [0.2, 0.25) is 0 Å². The standard InChI is InChI=1S/C24H26F3NO3.C19H18F3NO.ClH/c1-23(2,3)31-22(29)28-13-11-17(12-14-28)15-18-5-4-6-21(16-18)30-20-9-7-19(8-10-20)24(25,26)27;20-19(21,22)16-4-6-17(7-5-16)24-18-3-1-2-15(13-18)12-14-8-10-23-11-9-14;/h4-10,15-16H,11-14H2,1-3H3;1-7,12-13,23H,8-11H2;1H. The van der Waals surface area contributed by atoms with Gasteiger partial charge in [-0.1, -0.05) is 47.6 Å². The van der Waals surface area contributed by atoms with E-state index in [9.17, 15) is 31.1 Å². The molecule has 0 aliphatic carbocycles. The predicted octanol–water partition coefficient (Wildman–Crippen LogP) is 12.6. The van der Waals surface area contributed by atoms with Crippen molar-refractivity contribution < 1.29 is 45.3 Å². The first-order valence-electron chi connectivity index (χ1n) is 18.0. The minimum absolute atomic E-state index is 0. The Hall–Kier alpha value is -4.94. The van der Waals surface area contributed by atoms with Crippen molar-refractivity contribution >= 4 is 30.7 Å². The number of alkyl halides is 6. The molecule has 300 valence electrons. The first-order chi connectivity index (χ1) is 26.0. The van der Waals surface area contributed by atoms with Gasteiger partial charge in [0, 0.05) is 13.1 Å². The highest BCUT2D eigenvalue weighted by Gasteiger charge is 2.31. The zero-order valence-corrected chi connectivity index (χ0v) is 32.1. The lowest BCUT2D eigenvalue weighted by molar-refractivity contribution is -0.138. The van der Waals surface area contributed by atoms with Gasteiger partial charge in [-0.2, -0.15) is 26.3 Å². The van der Waals surface area contributed by atoms with Gasteiger partial charge in [-0.05, 0) is 143 Å². The molecule has 0 radical (unpaired) electrons. The molecular weight excluding hydrogens is 758 g/mol. The number of likely N-dealkylation sites (tertiary alicyclic amines) is 1. The number of nitrogens with one attached hydrogen (secondary N) is 1. The third-order valence-corrected chi connectivity index (χ3v) is 8.60. The lowest BCUT2D eigenvalue weighted by Gasteiger charge is -2.31. The van der Waals surface area contributed by atoms with Gasteiger partial charge in [0.05, 0.1) is 11.1 Å². The predicted molar refractivity (Wildman–Crippen MR) is 208 cm³/mol. The van der Waals surface area contributed by atoms with Crippen LogP contribution >= 0.6 is 12.4 Å². The topological polar surface area (TPSA) is 60.0 Å². The second-order valence-corrected chi connectivity index (χ2v) is 14.2. The fourth-order valence-electron chi connectivity index (χ4n) is 5.84. The van der Waals surface area contributed by atoms with Crippen LogP contribution in [0.1, 0.15) is 68.7 Å². The van der Waals surface area contributed by atoms with Gasteiger partial charge in [0.25, 0.3) is 0 Å². The van der Waals surface area contributed by atoms with Crippen LogP contribution in [0.5, 0.6) is 23.0 Å². The summed E-state index contributed by atoms with van der Waals surface area (Å²) < 4.78 is 92.6. The summed E-state index contributed by atoms with van der Waals surface area (Å²) in [4.78, 5) is 13.9. The van der Waals surface area contributed by atoms with Crippen LogP contribution in [0.25, 0.3) is 12.2 Å². The highest BCUT2D eigenvalue weighted by atomic mass is 35.5. The zero-order chi connectivity index (χ0) is 39.6. The molecule has 0 bridgehead atoms. The Bertz CT molecular complexity index is 1940. The Morgan fingerprint density at radius 3 is 1.41 bits per heavy atom. The number of benzene rings is 4. The number of piperidine rings is 2. The summed E-state index contributed by atoms with van der Waals surface area (Å²) in [5, 5.41) is 3.31. The van der Waals surface area contributed by atoms with Gasteiger partial charge in [-0.3, -0.25) is 0 Å². The lowest BCUT2D eigenvalue weighted by atomic mass is 10.0. The molecule has 0 spiro atoms. The van der Waals surface area contributed by atoms with Crippen LogP contribution in [0.2, 0.25) is 0 Å². The molecule has 4 aromatic rings. The molecule has 2 aliphatic heterocycles. The molecular formula is C43H45ClF6N2O4. The van der Waals surface area contributed by atoms with Gasteiger partial charge in [-0.25, -0.2) is 4.79 Å². The van der Waals surface area contributed by atoms with Crippen molar-refractivity contribution in [3.63, 3.8) is 0 Å². The third kappa shape index (κ3) is 14.0. The fourth-order valence-corrected chi connectivity index (χ4v) is 5.84. The third-order valence-electron chi connectivity index (χ3n) is 8.60. The van der Waals surface area contributed by atoms with E-state index in [1.165, 1.54) is 35.4 Å². The summed E-state index contributed by atoms with van der Waals surface area (Å²) in [5.74, 6) is 1.87. The Balaban J connectivity index is 0.000000252. The quantitative estimate of drug-likeness (QED) is 0.197. The van der Waals surface area contributed by atoms with Gasteiger partial charge in [0.15, 0.2) is 0 Å².